The molecule has 0 saturated heterocycles. The van der Waals surface area contributed by atoms with Crippen LogP contribution in [0.4, 0.5) is 0 Å². The van der Waals surface area contributed by atoms with Gasteiger partial charge in [-0.25, -0.2) is 0 Å². The van der Waals surface area contributed by atoms with Gasteiger partial charge in [-0.05, 0) is 49.5 Å². The third kappa shape index (κ3) is 2.32. The van der Waals surface area contributed by atoms with E-state index in [0.29, 0.717) is 12.5 Å². The monoisotopic (exact) mass is 259 g/mol. The second kappa shape index (κ2) is 5.26. The Hall–Kier alpha value is -0.860. The predicted octanol–water partition coefficient (Wildman–Crippen LogP) is 2.75. The zero-order valence-corrected chi connectivity index (χ0v) is 11.6. The van der Waals surface area contributed by atoms with Crippen LogP contribution in [0.25, 0.3) is 0 Å². The van der Waals surface area contributed by atoms with Gasteiger partial charge in [-0.15, -0.1) is 0 Å². The van der Waals surface area contributed by atoms with E-state index in [0.717, 1.165) is 25.2 Å². The number of aryl methyl sites for hydroxylation is 1. The quantitative estimate of drug-likeness (QED) is 0.854. The van der Waals surface area contributed by atoms with E-state index in [9.17, 15) is 5.11 Å². The van der Waals surface area contributed by atoms with Crippen LogP contribution in [0.2, 0.25) is 0 Å². The SMILES string of the molecule is NCC1(C(O)CCc2ccccc2)CC2CCC1C2. The van der Waals surface area contributed by atoms with Gasteiger partial charge in [-0.3, -0.25) is 0 Å². The summed E-state index contributed by atoms with van der Waals surface area (Å²) in [5.41, 5.74) is 7.41. The van der Waals surface area contributed by atoms with Crippen LogP contribution in [0.15, 0.2) is 30.3 Å². The molecule has 0 aromatic heterocycles. The first kappa shape index (κ1) is 13.1. The smallest absolute Gasteiger partial charge is 0.0614 e. The fourth-order valence-electron chi connectivity index (χ4n) is 4.52. The lowest BCUT2D eigenvalue weighted by atomic mass is 9.68. The molecule has 1 aromatic carbocycles. The summed E-state index contributed by atoms with van der Waals surface area (Å²) in [4.78, 5) is 0. The Morgan fingerprint density at radius 2 is 2.05 bits per heavy atom. The minimum atomic E-state index is -0.229. The number of aliphatic hydroxyl groups is 1. The topological polar surface area (TPSA) is 46.2 Å². The molecule has 1 aromatic rings. The third-order valence-corrected chi connectivity index (χ3v) is 5.62. The van der Waals surface area contributed by atoms with Crippen molar-refractivity contribution in [1.82, 2.24) is 0 Å². The Morgan fingerprint density at radius 1 is 1.26 bits per heavy atom. The second-order valence-electron chi connectivity index (χ2n) is 6.56. The van der Waals surface area contributed by atoms with Gasteiger partial charge in [-0.2, -0.15) is 0 Å². The van der Waals surface area contributed by atoms with Crippen LogP contribution in [0.1, 0.15) is 37.7 Å². The van der Waals surface area contributed by atoms with Crippen molar-refractivity contribution < 1.29 is 5.11 Å². The van der Waals surface area contributed by atoms with Crippen LogP contribution >= 0.6 is 0 Å². The van der Waals surface area contributed by atoms with Crippen LogP contribution in [-0.4, -0.2) is 17.8 Å². The van der Waals surface area contributed by atoms with Crippen molar-refractivity contribution in [3.8, 4) is 0 Å². The summed E-state index contributed by atoms with van der Waals surface area (Å²) in [7, 11) is 0. The van der Waals surface area contributed by atoms with E-state index < -0.39 is 0 Å². The Balaban J connectivity index is 1.64. The summed E-state index contributed by atoms with van der Waals surface area (Å²) < 4.78 is 0. The summed E-state index contributed by atoms with van der Waals surface area (Å²) >= 11 is 0. The van der Waals surface area contributed by atoms with Crippen molar-refractivity contribution in [1.29, 1.82) is 0 Å². The first-order chi connectivity index (χ1) is 9.24. The number of rotatable bonds is 5. The van der Waals surface area contributed by atoms with Crippen molar-refractivity contribution >= 4 is 0 Å². The van der Waals surface area contributed by atoms with Gasteiger partial charge < -0.3 is 10.8 Å². The fourth-order valence-corrected chi connectivity index (χ4v) is 4.52. The minimum absolute atomic E-state index is 0.0255. The molecule has 0 aliphatic heterocycles. The normalized spacial score (nSPS) is 34.6. The molecular weight excluding hydrogens is 234 g/mol. The highest BCUT2D eigenvalue weighted by molar-refractivity contribution is 5.15. The number of fused-ring (bicyclic) bond motifs is 2. The maximum absolute atomic E-state index is 10.7. The lowest BCUT2D eigenvalue weighted by Crippen LogP contribution is -2.46. The highest BCUT2D eigenvalue weighted by Crippen LogP contribution is 2.57. The Labute approximate surface area is 116 Å². The molecule has 19 heavy (non-hydrogen) atoms. The molecule has 4 atom stereocenters. The highest BCUT2D eigenvalue weighted by Gasteiger charge is 2.53. The van der Waals surface area contributed by atoms with Crippen molar-refractivity contribution in [2.24, 2.45) is 23.0 Å². The largest absolute Gasteiger partial charge is 0.392 e. The molecule has 2 aliphatic rings. The molecular formula is C17H25NO. The maximum Gasteiger partial charge on any atom is 0.0614 e. The molecule has 2 saturated carbocycles. The number of benzene rings is 1. The van der Waals surface area contributed by atoms with Crippen LogP contribution in [0.3, 0.4) is 0 Å². The fraction of sp³-hybridized carbons (Fsp3) is 0.647. The van der Waals surface area contributed by atoms with E-state index in [1.54, 1.807) is 0 Å². The lowest BCUT2D eigenvalue weighted by Gasteiger charge is -2.41. The first-order valence-electron chi connectivity index (χ1n) is 7.66. The van der Waals surface area contributed by atoms with Crippen LogP contribution in [0, 0.1) is 17.3 Å². The standard InChI is InChI=1S/C17H25NO/c18-12-17(11-14-6-8-15(17)10-14)16(19)9-7-13-4-2-1-3-5-13/h1-5,14-16,19H,6-12,18H2. The lowest BCUT2D eigenvalue weighted by molar-refractivity contribution is -0.0157. The highest BCUT2D eigenvalue weighted by atomic mass is 16.3. The molecule has 2 bridgehead atoms. The van der Waals surface area contributed by atoms with Gasteiger partial charge >= 0.3 is 0 Å². The van der Waals surface area contributed by atoms with E-state index in [1.165, 1.54) is 24.8 Å². The molecule has 0 spiro atoms. The van der Waals surface area contributed by atoms with E-state index in [2.05, 4.69) is 24.3 Å². The third-order valence-electron chi connectivity index (χ3n) is 5.62. The summed E-state index contributed by atoms with van der Waals surface area (Å²) in [5, 5.41) is 10.7. The Kier molecular flexibility index (Phi) is 3.64. The average Bonchev–Trinajstić information content (AvgIpc) is 3.06. The molecule has 4 unspecified atom stereocenters. The van der Waals surface area contributed by atoms with Crippen molar-refractivity contribution in [2.45, 2.75) is 44.6 Å². The van der Waals surface area contributed by atoms with Crippen molar-refractivity contribution in [2.75, 3.05) is 6.54 Å². The molecule has 2 aliphatic carbocycles. The zero-order valence-electron chi connectivity index (χ0n) is 11.6. The molecule has 2 nitrogen and oxygen atoms in total. The summed E-state index contributed by atoms with van der Waals surface area (Å²) in [6.07, 6.45) is 6.69. The van der Waals surface area contributed by atoms with E-state index in [-0.39, 0.29) is 11.5 Å². The zero-order chi connectivity index (χ0) is 13.3. The predicted molar refractivity (Wildman–Crippen MR) is 77.7 cm³/mol. The molecule has 3 rings (SSSR count). The van der Waals surface area contributed by atoms with E-state index in [4.69, 9.17) is 5.73 Å². The first-order valence-corrected chi connectivity index (χ1v) is 7.66. The molecule has 0 radical (unpaired) electrons. The van der Waals surface area contributed by atoms with Gasteiger partial charge in [0.25, 0.3) is 0 Å². The molecule has 0 amide bonds. The molecule has 2 fully saturated rings. The number of nitrogens with two attached hydrogens (primary N) is 1. The average molecular weight is 259 g/mol. The van der Waals surface area contributed by atoms with Crippen LogP contribution in [0.5, 0.6) is 0 Å². The molecule has 3 N–H and O–H groups in total. The van der Waals surface area contributed by atoms with Crippen molar-refractivity contribution in [3.63, 3.8) is 0 Å². The molecule has 104 valence electrons. The van der Waals surface area contributed by atoms with E-state index in [1.807, 2.05) is 6.07 Å². The van der Waals surface area contributed by atoms with Gasteiger partial charge in [0.1, 0.15) is 0 Å². The van der Waals surface area contributed by atoms with Crippen LogP contribution in [-0.2, 0) is 6.42 Å². The second-order valence-corrected chi connectivity index (χ2v) is 6.56. The Bertz CT molecular complexity index is 419. The molecule has 0 heterocycles. The van der Waals surface area contributed by atoms with Gasteiger partial charge in [0.05, 0.1) is 6.10 Å². The summed E-state index contributed by atoms with van der Waals surface area (Å²) in [6.45, 7) is 0.657. The van der Waals surface area contributed by atoms with Crippen molar-refractivity contribution in [3.05, 3.63) is 35.9 Å². The van der Waals surface area contributed by atoms with Gasteiger partial charge in [0, 0.05) is 12.0 Å². The van der Waals surface area contributed by atoms with Gasteiger partial charge in [0.2, 0.25) is 0 Å². The summed E-state index contributed by atoms with van der Waals surface area (Å²) in [5.74, 6) is 1.51. The van der Waals surface area contributed by atoms with Gasteiger partial charge in [-0.1, -0.05) is 36.8 Å². The molecule has 2 heteroatoms. The van der Waals surface area contributed by atoms with Gasteiger partial charge in [0.15, 0.2) is 0 Å². The number of aliphatic hydroxyl groups excluding tert-OH is 1. The maximum atomic E-state index is 10.7. The van der Waals surface area contributed by atoms with E-state index >= 15 is 0 Å². The number of hydrogen-bond acceptors (Lipinski definition) is 2. The number of hydrogen-bond donors (Lipinski definition) is 2. The minimum Gasteiger partial charge on any atom is -0.392 e. The summed E-state index contributed by atoms with van der Waals surface area (Å²) in [6, 6.07) is 10.5. The van der Waals surface area contributed by atoms with Crippen LogP contribution < -0.4 is 5.73 Å². The Morgan fingerprint density at radius 3 is 2.63 bits per heavy atom.